The van der Waals surface area contributed by atoms with E-state index in [1.54, 1.807) is 29.2 Å². The second-order valence-corrected chi connectivity index (χ2v) is 6.80. The van der Waals surface area contributed by atoms with Gasteiger partial charge in [-0.2, -0.15) is 10.2 Å². The van der Waals surface area contributed by atoms with Gasteiger partial charge in [0.15, 0.2) is 0 Å². The van der Waals surface area contributed by atoms with Crippen molar-refractivity contribution in [2.45, 2.75) is 18.9 Å². The Hall–Kier alpha value is -3.24. The van der Waals surface area contributed by atoms with E-state index in [1.807, 2.05) is 23.0 Å². The number of aromatic nitrogens is 5. The lowest BCUT2D eigenvalue weighted by molar-refractivity contribution is -0.115. The first kappa shape index (κ1) is 21.5. The number of halogens is 1. The summed E-state index contributed by atoms with van der Waals surface area (Å²) < 4.78 is 3.44. The minimum Gasteiger partial charge on any atom is -0.342 e. The maximum Gasteiger partial charge on any atom is 0.272 e. The van der Waals surface area contributed by atoms with Crippen LogP contribution in [0.2, 0.25) is 0 Å². The van der Waals surface area contributed by atoms with Crippen molar-refractivity contribution in [1.82, 2.24) is 35.2 Å². The summed E-state index contributed by atoms with van der Waals surface area (Å²) in [6.45, 7) is 1.73. The van der Waals surface area contributed by atoms with E-state index in [1.165, 1.54) is 6.33 Å². The third kappa shape index (κ3) is 5.22. The third-order valence-corrected chi connectivity index (χ3v) is 4.73. The number of nitrogens with one attached hydrogen (secondary N) is 3. The van der Waals surface area contributed by atoms with E-state index in [-0.39, 0.29) is 36.8 Å². The normalized spacial score (nSPS) is 15.8. The number of hydrogen-bond acceptors (Lipinski definition) is 6. The van der Waals surface area contributed by atoms with Crippen molar-refractivity contribution in [2.24, 2.45) is 0 Å². The maximum atomic E-state index is 12.3. The molecule has 11 heteroatoms. The fraction of sp³-hybridized carbons (Fsp3) is 0.316. The molecule has 0 bridgehead atoms. The number of benzene rings is 1. The molecule has 1 aliphatic rings. The van der Waals surface area contributed by atoms with Gasteiger partial charge in [0.05, 0.1) is 18.3 Å². The van der Waals surface area contributed by atoms with Gasteiger partial charge in [-0.3, -0.25) is 14.3 Å². The molecule has 10 nitrogen and oxygen atoms in total. The van der Waals surface area contributed by atoms with Crippen molar-refractivity contribution in [3.8, 4) is 5.69 Å². The van der Waals surface area contributed by atoms with Crippen LogP contribution in [0.15, 0.2) is 49.2 Å². The van der Waals surface area contributed by atoms with Gasteiger partial charge in [0.2, 0.25) is 5.91 Å². The molecule has 1 fully saturated rings. The third-order valence-electron chi connectivity index (χ3n) is 4.73. The van der Waals surface area contributed by atoms with E-state index in [9.17, 15) is 9.59 Å². The second-order valence-electron chi connectivity index (χ2n) is 6.80. The molecule has 0 aliphatic carbocycles. The molecule has 0 spiro atoms. The Balaban J connectivity index is 0.00000256. The maximum absolute atomic E-state index is 12.3. The Labute approximate surface area is 179 Å². The Morgan fingerprint density at radius 1 is 1.20 bits per heavy atom. The van der Waals surface area contributed by atoms with Gasteiger partial charge in [-0.25, -0.2) is 9.67 Å². The van der Waals surface area contributed by atoms with Crippen LogP contribution in [0.5, 0.6) is 0 Å². The molecule has 3 N–H and O–H groups in total. The molecule has 0 radical (unpaired) electrons. The Morgan fingerprint density at radius 3 is 2.73 bits per heavy atom. The molecule has 30 heavy (non-hydrogen) atoms. The van der Waals surface area contributed by atoms with E-state index < -0.39 is 0 Å². The van der Waals surface area contributed by atoms with E-state index in [4.69, 9.17) is 0 Å². The van der Waals surface area contributed by atoms with Crippen molar-refractivity contribution in [2.75, 3.05) is 25.0 Å². The standard InChI is InChI=1S/C19H22N8O2.ClH/c28-18(24-14-3-5-15(6-4-14)27-13-21-12-23-27)11-22-19(29)17-7-9-26(25-17)16-2-1-8-20-10-16;/h3-7,9,12-13,16,20H,1-2,8,10-11H2,(H,22,29)(H,24,28);1H. The summed E-state index contributed by atoms with van der Waals surface area (Å²) in [6, 6.07) is 9.08. The quantitative estimate of drug-likeness (QED) is 0.540. The molecule has 3 aromatic rings. The lowest BCUT2D eigenvalue weighted by atomic mass is 10.1. The zero-order valence-corrected chi connectivity index (χ0v) is 17.0. The summed E-state index contributed by atoms with van der Waals surface area (Å²) in [5.41, 5.74) is 1.76. The zero-order chi connectivity index (χ0) is 20.1. The first-order chi connectivity index (χ1) is 14.2. The minimum atomic E-state index is -0.371. The predicted octanol–water partition coefficient (Wildman–Crippen LogP) is 1.18. The number of hydrogen-bond donors (Lipinski definition) is 3. The first-order valence-electron chi connectivity index (χ1n) is 9.48. The number of piperidine rings is 1. The molecule has 1 saturated heterocycles. The van der Waals surface area contributed by atoms with Gasteiger partial charge < -0.3 is 16.0 Å². The molecule has 1 atom stereocenters. The lowest BCUT2D eigenvalue weighted by Gasteiger charge is -2.22. The van der Waals surface area contributed by atoms with E-state index in [0.29, 0.717) is 11.4 Å². The van der Waals surface area contributed by atoms with Crippen LogP contribution < -0.4 is 16.0 Å². The Bertz CT molecular complexity index is 965. The van der Waals surface area contributed by atoms with Crippen LogP contribution in [0.3, 0.4) is 0 Å². The lowest BCUT2D eigenvalue weighted by Crippen LogP contribution is -2.34. The average molecular weight is 431 g/mol. The van der Waals surface area contributed by atoms with Crippen LogP contribution >= 0.6 is 12.4 Å². The number of amides is 2. The molecule has 0 saturated carbocycles. The highest BCUT2D eigenvalue weighted by Crippen LogP contribution is 2.15. The Morgan fingerprint density at radius 2 is 2.03 bits per heavy atom. The van der Waals surface area contributed by atoms with Crippen LogP contribution in [0.1, 0.15) is 29.4 Å². The highest BCUT2D eigenvalue weighted by molar-refractivity contribution is 5.98. The van der Waals surface area contributed by atoms with E-state index >= 15 is 0 Å². The summed E-state index contributed by atoms with van der Waals surface area (Å²) in [6.07, 6.45) is 6.98. The van der Waals surface area contributed by atoms with Gasteiger partial charge >= 0.3 is 0 Å². The van der Waals surface area contributed by atoms with Gasteiger partial charge in [-0.05, 0) is 49.7 Å². The van der Waals surface area contributed by atoms with Crippen molar-refractivity contribution in [3.05, 3.63) is 54.9 Å². The van der Waals surface area contributed by atoms with Crippen LogP contribution in [-0.2, 0) is 4.79 Å². The van der Waals surface area contributed by atoms with Gasteiger partial charge in [0.1, 0.15) is 18.3 Å². The van der Waals surface area contributed by atoms with Crippen molar-refractivity contribution < 1.29 is 9.59 Å². The van der Waals surface area contributed by atoms with Crippen LogP contribution in [0.25, 0.3) is 5.69 Å². The number of carbonyl (C=O) groups is 2. The summed E-state index contributed by atoms with van der Waals surface area (Å²) >= 11 is 0. The largest absolute Gasteiger partial charge is 0.342 e. The fourth-order valence-corrected chi connectivity index (χ4v) is 3.22. The molecular weight excluding hydrogens is 408 g/mol. The topological polar surface area (TPSA) is 119 Å². The minimum absolute atomic E-state index is 0. The molecule has 1 unspecified atom stereocenters. The predicted molar refractivity (Wildman–Crippen MR) is 113 cm³/mol. The number of carbonyl (C=O) groups excluding carboxylic acids is 2. The molecule has 1 aromatic carbocycles. The summed E-state index contributed by atoms with van der Waals surface area (Å²) in [7, 11) is 0. The van der Waals surface area contributed by atoms with Gasteiger partial charge in [0, 0.05) is 18.4 Å². The molecular formula is C19H23ClN8O2. The number of nitrogens with zero attached hydrogens (tertiary/aromatic N) is 5. The highest BCUT2D eigenvalue weighted by Gasteiger charge is 2.18. The first-order valence-corrected chi connectivity index (χ1v) is 9.48. The summed E-state index contributed by atoms with van der Waals surface area (Å²) in [5.74, 6) is -0.688. The van der Waals surface area contributed by atoms with E-state index in [0.717, 1.165) is 31.6 Å². The van der Waals surface area contributed by atoms with Crippen molar-refractivity contribution in [3.63, 3.8) is 0 Å². The smallest absolute Gasteiger partial charge is 0.272 e. The number of anilines is 1. The second kappa shape index (κ2) is 9.99. The molecule has 1 aliphatic heterocycles. The van der Waals surface area contributed by atoms with Gasteiger partial charge in [-0.15, -0.1) is 12.4 Å². The molecule has 158 valence electrons. The summed E-state index contributed by atoms with van der Waals surface area (Å²) in [4.78, 5) is 28.3. The van der Waals surface area contributed by atoms with E-state index in [2.05, 4.69) is 31.1 Å². The zero-order valence-electron chi connectivity index (χ0n) is 16.2. The average Bonchev–Trinajstić information content (AvgIpc) is 3.46. The monoisotopic (exact) mass is 430 g/mol. The van der Waals surface area contributed by atoms with Gasteiger partial charge in [0.25, 0.3) is 5.91 Å². The van der Waals surface area contributed by atoms with Crippen LogP contribution in [0.4, 0.5) is 5.69 Å². The number of rotatable bonds is 6. The highest BCUT2D eigenvalue weighted by atomic mass is 35.5. The fourth-order valence-electron chi connectivity index (χ4n) is 3.22. The molecule has 2 amide bonds. The SMILES string of the molecule is Cl.O=C(CNC(=O)c1ccn(C2CCCNC2)n1)Nc1ccc(-n2cncn2)cc1. The van der Waals surface area contributed by atoms with Crippen molar-refractivity contribution >= 4 is 29.9 Å². The molecule has 2 aromatic heterocycles. The summed E-state index contributed by atoms with van der Waals surface area (Å²) in [5, 5.41) is 17.1. The van der Waals surface area contributed by atoms with Gasteiger partial charge in [-0.1, -0.05) is 0 Å². The molecule has 4 rings (SSSR count). The van der Waals surface area contributed by atoms with Crippen LogP contribution in [-0.4, -0.2) is 56.0 Å². The van der Waals surface area contributed by atoms with Crippen molar-refractivity contribution in [1.29, 1.82) is 0 Å². The molecule has 3 heterocycles. The van der Waals surface area contributed by atoms with Crippen LogP contribution in [0, 0.1) is 0 Å². The Kier molecular flexibility index (Phi) is 7.15.